The Bertz CT molecular complexity index is 1560. The van der Waals surface area contributed by atoms with Crippen molar-refractivity contribution in [3.8, 4) is 17.6 Å². The third-order valence-corrected chi connectivity index (χ3v) is 6.88. The van der Waals surface area contributed by atoms with Crippen LogP contribution in [0, 0.1) is 17.1 Å². The number of hydrogen-bond acceptors (Lipinski definition) is 4. The molecule has 0 bridgehead atoms. The van der Waals surface area contributed by atoms with Crippen molar-refractivity contribution in [3.05, 3.63) is 99.8 Å². The highest BCUT2D eigenvalue weighted by Crippen LogP contribution is 2.43. The second-order valence-electron chi connectivity index (χ2n) is 9.22. The summed E-state index contributed by atoms with van der Waals surface area (Å²) in [6.07, 6.45) is 5.09. The molecule has 2 aromatic carbocycles. The van der Waals surface area contributed by atoms with Gasteiger partial charge in [0.05, 0.1) is 24.6 Å². The zero-order valence-corrected chi connectivity index (χ0v) is 19.6. The predicted molar refractivity (Wildman–Crippen MR) is 131 cm³/mol. The molecule has 0 unspecified atom stereocenters. The molecule has 1 saturated carbocycles. The molecule has 3 heterocycles. The lowest BCUT2D eigenvalue weighted by Crippen LogP contribution is -2.02. The van der Waals surface area contributed by atoms with E-state index in [0.29, 0.717) is 23.8 Å². The molecule has 174 valence electrons. The summed E-state index contributed by atoms with van der Waals surface area (Å²) in [5.41, 5.74) is 8.41. The van der Waals surface area contributed by atoms with Crippen LogP contribution in [-0.4, -0.2) is 16.5 Å². The van der Waals surface area contributed by atoms with Gasteiger partial charge in [-0.25, -0.2) is 9.37 Å². The summed E-state index contributed by atoms with van der Waals surface area (Å²) in [6.45, 7) is 2.10. The minimum atomic E-state index is -0.360. The van der Waals surface area contributed by atoms with E-state index >= 15 is 0 Å². The number of aromatic nitrogens is 2. The number of ether oxygens (including phenoxy) is 2. The molecule has 0 spiro atoms. The molecule has 1 fully saturated rings. The minimum absolute atomic E-state index is 0.307. The molecular weight excluding hydrogens is 441 g/mol. The molecule has 0 radical (unpaired) electrons. The maximum atomic E-state index is 13.9. The Morgan fingerprint density at radius 1 is 1.17 bits per heavy atom. The number of methoxy groups -OCH3 is 1. The SMILES string of the molecule is COc1ccn2c(Cc3ccc4c(c3)COc3cc(F)ccc3C4=C(C)C#N)c(C3CC3)nc2c1. The Kier molecular flexibility index (Phi) is 5.07. The zero-order chi connectivity index (χ0) is 24.1. The lowest BCUT2D eigenvalue weighted by molar-refractivity contribution is 0.305. The first kappa shape index (κ1) is 21.4. The van der Waals surface area contributed by atoms with Gasteiger partial charge >= 0.3 is 0 Å². The summed E-state index contributed by atoms with van der Waals surface area (Å²) in [6, 6.07) is 17.0. The van der Waals surface area contributed by atoms with E-state index in [-0.39, 0.29) is 5.82 Å². The maximum absolute atomic E-state index is 13.9. The van der Waals surface area contributed by atoms with Crippen molar-refractivity contribution in [2.45, 2.75) is 38.7 Å². The standard InChI is InChI=1S/C29H24FN3O2/c1-17(15-31)28-23-7-3-18(11-20(23)16-35-26-13-21(30)6-8-24(26)28)12-25-29(19-4-5-19)32-27-14-22(34-2)9-10-33(25)27/h3,6-11,13-14,19H,4-5,12,16H2,1-2H3. The molecule has 2 aliphatic rings. The lowest BCUT2D eigenvalue weighted by atomic mass is 9.89. The van der Waals surface area contributed by atoms with E-state index in [1.54, 1.807) is 20.1 Å². The minimum Gasteiger partial charge on any atom is -0.497 e. The number of allylic oxidation sites excluding steroid dienone is 1. The Labute approximate surface area is 203 Å². The van der Waals surface area contributed by atoms with E-state index in [1.165, 1.54) is 30.7 Å². The highest BCUT2D eigenvalue weighted by molar-refractivity contribution is 5.88. The third kappa shape index (κ3) is 3.74. The number of pyridine rings is 1. The molecular formula is C29H24FN3O2. The maximum Gasteiger partial charge on any atom is 0.140 e. The first-order valence-corrected chi connectivity index (χ1v) is 11.8. The van der Waals surface area contributed by atoms with Crippen molar-refractivity contribution in [1.82, 2.24) is 9.38 Å². The van der Waals surface area contributed by atoms with Crippen molar-refractivity contribution in [1.29, 1.82) is 5.26 Å². The third-order valence-electron chi connectivity index (χ3n) is 6.88. The van der Waals surface area contributed by atoms with Crippen LogP contribution in [0.4, 0.5) is 4.39 Å². The van der Waals surface area contributed by atoms with E-state index < -0.39 is 0 Å². The Morgan fingerprint density at radius 2 is 2.00 bits per heavy atom. The molecule has 0 saturated heterocycles. The largest absolute Gasteiger partial charge is 0.497 e. The van der Waals surface area contributed by atoms with Crippen LogP contribution in [0.1, 0.15) is 59.3 Å². The summed E-state index contributed by atoms with van der Waals surface area (Å²) >= 11 is 0. The van der Waals surface area contributed by atoms with Crippen LogP contribution >= 0.6 is 0 Å². The van der Waals surface area contributed by atoms with Crippen LogP contribution in [0.2, 0.25) is 0 Å². The van der Waals surface area contributed by atoms with E-state index in [0.717, 1.165) is 51.3 Å². The topological polar surface area (TPSA) is 59.5 Å². The number of hydrogen-bond donors (Lipinski definition) is 0. The first-order chi connectivity index (χ1) is 17.1. The summed E-state index contributed by atoms with van der Waals surface area (Å²) < 4.78 is 27.5. The number of nitrogens with zero attached hydrogens (tertiary/aromatic N) is 3. The van der Waals surface area contributed by atoms with Crippen LogP contribution in [0.15, 0.2) is 60.3 Å². The van der Waals surface area contributed by atoms with Crippen molar-refractivity contribution in [2.24, 2.45) is 0 Å². The van der Waals surface area contributed by atoms with Crippen LogP contribution in [-0.2, 0) is 13.0 Å². The van der Waals surface area contributed by atoms with E-state index in [1.807, 2.05) is 18.3 Å². The highest BCUT2D eigenvalue weighted by atomic mass is 19.1. The van der Waals surface area contributed by atoms with Gasteiger partial charge in [0.15, 0.2) is 0 Å². The van der Waals surface area contributed by atoms with Crippen LogP contribution in [0.25, 0.3) is 11.2 Å². The van der Waals surface area contributed by atoms with Gasteiger partial charge in [0.25, 0.3) is 0 Å². The van der Waals surface area contributed by atoms with Gasteiger partial charge in [0.1, 0.15) is 29.6 Å². The second-order valence-corrected chi connectivity index (χ2v) is 9.22. The van der Waals surface area contributed by atoms with Gasteiger partial charge in [-0.05, 0) is 54.7 Å². The van der Waals surface area contributed by atoms with Crippen molar-refractivity contribution < 1.29 is 13.9 Å². The monoisotopic (exact) mass is 465 g/mol. The van der Waals surface area contributed by atoms with E-state index in [2.05, 4.69) is 28.7 Å². The Morgan fingerprint density at radius 3 is 2.77 bits per heavy atom. The Balaban J connectivity index is 1.43. The summed E-state index contributed by atoms with van der Waals surface area (Å²) in [4.78, 5) is 4.94. The van der Waals surface area contributed by atoms with Gasteiger partial charge in [-0.3, -0.25) is 0 Å². The molecule has 6 heteroatoms. The van der Waals surface area contributed by atoms with Gasteiger partial charge in [0, 0.05) is 47.4 Å². The average molecular weight is 466 g/mol. The van der Waals surface area contributed by atoms with E-state index in [9.17, 15) is 9.65 Å². The van der Waals surface area contributed by atoms with Crippen LogP contribution < -0.4 is 9.47 Å². The van der Waals surface area contributed by atoms with Gasteiger partial charge in [-0.15, -0.1) is 0 Å². The zero-order valence-electron chi connectivity index (χ0n) is 19.6. The number of rotatable bonds is 4. The van der Waals surface area contributed by atoms with Crippen molar-refractivity contribution >= 4 is 11.2 Å². The van der Waals surface area contributed by atoms with E-state index in [4.69, 9.17) is 14.5 Å². The number of halogens is 1. The fourth-order valence-electron chi connectivity index (χ4n) is 4.98. The molecule has 6 rings (SSSR count). The Hall–Kier alpha value is -4.11. The second kappa shape index (κ2) is 8.28. The number of fused-ring (bicyclic) bond motifs is 3. The molecule has 0 N–H and O–H groups in total. The van der Waals surface area contributed by atoms with Gasteiger partial charge in [-0.1, -0.05) is 18.2 Å². The molecule has 0 atom stereocenters. The molecule has 1 aliphatic heterocycles. The smallest absolute Gasteiger partial charge is 0.140 e. The molecule has 4 aromatic rings. The summed E-state index contributed by atoms with van der Waals surface area (Å²) in [7, 11) is 1.67. The van der Waals surface area contributed by atoms with Gasteiger partial charge in [-0.2, -0.15) is 5.26 Å². The van der Waals surface area contributed by atoms with Crippen LogP contribution in [0.5, 0.6) is 11.5 Å². The summed E-state index contributed by atoms with van der Waals surface area (Å²) in [5.74, 6) is 1.40. The number of nitriles is 1. The molecule has 5 nitrogen and oxygen atoms in total. The van der Waals surface area contributed by atoms with Crippen LogP contribution in [0.3, 0.4) is 0 Å². The lowest BCUT2D eigenvalue weighted by Gasteiger charge is -2.13. The van der Waals surface area contributed by atoms with Crippen molar-refractivity contribution in [2.75, 3.05) is 7.11 Å². The van der Waals surface area contributed by atoms with Gasteiger partial charge < -0.3 is 13.9 Å². The average Bonchev–Trinajstić information content (AvgIpc) is 3.68. The molecule has 2 aromatic heterocycles. The fraction of sp³-hybridized carbons (Fsp3) is 0.241. The molecule has 35 heavy (non-hydrogen) atoms. The van der Waals surface area contributed by atoms with Crippen molar-refractivity contribution in [3.63, 3.8) is 0 Å². The summed E-state index contributed by atoms with van der Waals surface area (Å²) in [5, 5.41) is 9.70. The first-order valence-electron chi connectivity index (χ1n) is 11.8. The normalized spacial score (nSPS) is 16.1. The fourth-order valence-corrected chi connectivity index (χ4v) is 4.98. The number of benzene rings is 2. The predicted octanol–water partition coefficient (Wildman–Crippen LogP) is 6.19. The number of imidazole rings is 1. The molecule has 1 aliphatic carbocycles. The highest BCUT2D eigenvalue weighted by Gasteiger charge is 2.30. The van der Waals surface area contributed by atoms with Gasteiger partial charge in [0.2, 0.25) is 0 Å². The quantitative estimate of drug-likeness (QED) is 0.337. The molecule has 0 amide bonds.